The van der Waals surface area contributed by atoms with E-state index in [-0.39, 0.29) is 146 Å². The van der Waals surface area contributed by atoms with Crippen molar-refractivity contribution in [1.29, 1.82) is 0 Å². The molecular weight excluding hydrogens is 1770 g/mol. The first-order valence-corrected chi connectivity index (χ1v) is 53.7. The van der Waals surface area contributed by atoms with Crippen LogP contribution in [0.4, 0.5) is 0 Å². The summed E-state index contributed by atoms with van der Waals surface area (Å²) in [6.07, 6.45) is 33.6. The van der Waals surface area contributed by atoms with Crippen LogP contribution < -0.4 is 0 Å². The monoisotopic (exact) mass is 1960 g/mol. The molecule has 28 heteroatoms. The topological polar surface area (TPSA) is 453 Å². The van der Waals surface area contributed by atoms with Gasteiger partial charge in [-0.25, -0.2) is 0 Å². The van der Waals surface area contributed by atoms with Gasteiger partial charge in [0.05, 0.1) is 108 Å². The standard InChI is InChI=1S/C16H26O5.C16H26O4.C16H26O3.C16H26O2.C15H24O4.C15H24O3.C8H16O3.C7H14O3.CH4O/c1-4-12(2,3)11(17)21-16-8-13(18)5-14(19,9-16)7-15(20,6-13)10-16;1-4-13(2,3)12(17)20-16-7-11-5-14(18,9-16)8-15(19,6-11)10-16;1-4-14(2,3)13(17)19-16-8-11-5-12(9-16)7-15(18,6-11)10-16;1-4-16(2,3)15(17)18-14-9-10-8-13(14)12-7-5-6-11(10)12;1-3-10(2)12(16)19-15-6-11-4-13(17,8-15)7-14(18,5-11)9-15;1-3-10(2)13(16)18-15-7-11-4-12(8-15)6-14(17,5-11)9-15;1-4-8(2,3)7(10)11-6-5-9;1-3-6(2)7(9)10-5-4-8;1-2/h18-20H,4-10H2,1-3H3;11,18-19H,4-10H2,1-3H3;11-12,18H,4-10H2,1-3H3;10-14H,4-9H2,1-3H3;10-11,17-18H,3-9H2,1-2H3;10-12,17H,3-9H2,1-2H3;9H,4-6H2,1-3H3;6,8H,3-5H2,1-2H3;2H,1H3. The number of hydrogen-bond donors (Lipinski definition) is 12. The second-order valence-corrected chi connectivity index (χ2v) is 51.9. The molecule has 0 heterocycles. The normalized spacial score (nSPS) is 40.5. The third-order valence-corrected chi connectivity index (χ3v) is 36.9. The summed E-state index contributed by atoms with van der Waals surface area (Å²) in [7, 11) is 1.00. The van der Waals surface area contributed by atoms with Crippen LogP contribution in [0.15, 0.2) is 0 Å². The van der Waals surface area contributed by atoms with Crippen molar-refractivity contribution in [2.75, 3.05) is 33.5 Å². The predicted octanol–water partition coefficient (Wildman–Crippen LogP) is 15.9. The highest BCUT2D eigenvalue weighted by Gasteiger charge is 2.72. The molecule has 28 nitrogen and oxygen atoms in total. The first-order valence-electron chi connectivity index (χ1n) is 53.7. The summed E-state index contributed by atoms with van der Waals surface area (Å²) in [5.74, 6) is 4.76. The van der Waals surface area contributed by atoms with Crippen molar-refractivity contribution in [2.24, 2.45) is 104 Å². The zero-order valence-electron chi connectivity index (χ0n) is 88.7. The molecule has 0 aromatic carbocycles. The summed E-state index contributed by atoms with van der Waals surface area (Å²) in [6, 6.07) is 0. The molecule has 16 atom stereocenters. The van der Waals surface area contributed by atoms with Crippen molar-refractivity contribution in [2.45, 2.75) is 506 Å². The Bertz CT molecular complexity index is 4060. The molecule has 12 N–H and O–H groups in total. The van der Waals surface area contributed by atoms with Crippen LogP contribution in [0.2, 0.25) is 0 Å². The Morgan fingerprint density at radius 2 is 0.565 bits per heavy atom. The Hall–Kier alpha value is -4.72. The molecule has 0 saturated heterocycles. The van der Waals surface area contributed by atoms with Crippen LogP contribution in [0.5, 0.6) is 0 Å². The predicted molar refractivity (Wildman–Crippen MR) is 518 cm³/mol. The molecule has 138 heavy (non-hydrogen) atoms. The molecule has 794 valence electrons. The van der Waals surface area contributed by atoms with Crippen LogP contribution in [-0.2, 0) is 76.3 Å². The van der Waals surface area contributed by atoms with Crippen molar-refractivity contribution in [1.82, 2.24) is 0 Å². The molecule has 23 aliphatic rings. The van der Waals surface area contributed by atoms with Gasteiger partial charge in [-0.2, -0.15) is 0 Å². The first-order chi connectivity index (χ1) is 63.8. The number of aliphatic hydroxyl groups is 12. The van der Waals surface area contributed by atoms with Crippen molar-refractivity contribution >= 4 is 47.8 Å². The summed E-state index contributed by atoms with van der Waals surface area (Å²) in [5.41, 5.74) is -13.0. The fourth-order valence-corrected chi connectivity index (χ4v) is 29.6. The number of hydrogen-bond acceptors (Lipinski definition) is 28. The molecule has 16 unspecified atom stereocenters. The largest absolute Gasteiger partial charge is 0.463 e. The van der Waals surface area contributed by atoms with Crippen LogP contribution in [-0.4, -0.2) is 227 Å². The average molecular weight is 1960 g/mol. The van der Waals surface area contributed by atoms with E-state index in [1.807, 2.05) is 132 Å². The quantitative estimate of drug-likeness (QED) is 0.0283. The summed E-state index contributed by atoms with van der Waals surface area (Å²) >= 11 is 0. The van der Waals surface area contributed by atoms with E-state index in [9.17, 15) is 84.3 Å². The van der Waals surface area contributed by atoms with E-state index in [0.717, 1.165) is 166 Å². The minimum absolute atomic E-state index is 0.0207. The van der Waals surface area contributed by atoms with Gasteiger partial charge in [0, 0.05) is 97.0 Å². The molecule has 0 aromatic rings. The van der Waals surface area contributed by atoms with E-state index in [0.29, 0.717) is 107 Å². The minimum Gasteiger partial charge on any atom is -0.463 e. The van der Waals surface area contributed by atoms with E-state index in [2.05, 4.69) is 11.7 Å². The van der Waals surface area contributed by atoms with Crippen LogP contribution >= 0.6 is 0 Å². The maximum Gasteiger partial charge on any atom is 0.312 e. The van der Waals surface area contributed by atoms with Gasteiger partial charge in [-0.1, -0.05) is 82.6 Å². The molecule has 0 amide bonds. The average Bonchev–Trinajstić information content (AvgIpc) is 0.947. The molecule has 0 radical (unpaired) electrons. The van der Waals surface area contributed by atoms with E-state index in [4.69, 9.17) is 48.5 Å². The van der Waals surface area contributed by atoms with Crippen LogP contribution in [0.3, 0.4) is 0 Å². The Labute approximate surface area is 824 Å². The third kappa shape index (κ3) is 27.0. The Morgan fingerprint density at radius 3 is 0.913 bits per heavy atom. The van der Waals surface area contributed by atoms with Gasteiger partial charge in [0.2, 0.25) is 0 Å². The minimum atomic E-state index is -1.13. The van der Waals surface area contributed by atoms with E-state index >= 15 is 0 Å². The number of carbonyl (C=O) groups is 8. The maximum atomic E-state index is 12.4. The number of carbonyl (C=O) groups excluding carboxylic acids is 8. The zero-order chi connectivity index (χ0) is 103. The number of aliphatic hydroxyl groups excluding tert-OH is 3. The Kier molecular flexibility index (Phi) is 35.9. The fourth-order valence-electron chi connectivity index (χ4n) is 29.6. The van der Waals surface area contributed by atoms with Gasteiger partial charge in [-0.15, -0.1) is 0 Å². The smallest absolute Gasteiger partial charge is 0.312 e. The van der Waals surface area contributed by atoms with Gasteiger partial charge >= 0.3 is 47.8 Å². The Balaban J connectivity index is 0.000000164. The highest BCUT2D eigenvalue weighted by molar-refractivity contribution is 5.79. The molecule has 23 aliphatic carbocycles. The van der Waals surface area contributed by atoms with Crippen LogP contribution in [0, 0.1) is 104 Å². The van der Waals surface area contributed by atoms with Crippen molar-refractivity contribution in [3.63, 3.8) is 0 Å². The lowest BCUT2D eigenvalue weighted by atomic mass is 9.48. The van der Waals surface area contributed by atoms with E-state index in [1.165, 1.54) is 38.5 Å². The number of fused-ring (bicyclic) bond motifs is 5. The molecule has 0 spiro atoms. The van der Waals surface area contributed by atoms with Gasteiger partial charge in [0.15, 0.2) is 0 Å². The molecule has 23 saturated carbocycles. The lowest BCUT2D eigenvalue weighted by Gasteiger charge is -2.65. The van der Waals surface area contributed by atoms with Gasteiger partial charge in [0.25, 0.3) is 0 Å². The third-order valence-electron chi connectivity index (χ3n) is 36.9. The van der Waals surface area contributed by atoms with Crippen molar-refractivity contribution < 1.29 is 138 Å². The van der Waals surface area contributed by atoms with Crippen molar-refractivity contribution in [3.05, 3.63) is 0 Å². The van der Waals surface area contributed by atoms with Gasteiger partial charge in [-0.05, 0) is 308 Å². The summed E-state index contributed by atoms with van der Waals surface area (Å²) in [6.45, 7) is 40.4. The van der Waals surface area contributed by atoms with Gasteiger partial charge in [0.1, 0.15) is 47.3 Å². The highest BCUT2D eigenvalue weighted by atomic mass is 16.6. The maximum absolute atomic E-state index is 12.4. The van der Waals surface area contributed by atoms with E-state index in [1.54, 1.807) is 6.92 Å². The van der Waals surface area contributed by atoms with E-state index < -0.39 is 88.9 Å². The fraction of sp³-hybridized carbons (Fsp3) is 0.927. The number of ether oxygens (including phenoxy) is 8. The van der Waals surface area contributed by atoms with Crippen LogP contribution in [0.25, 0.3) is 0 Å². The Morgan fingerprint density at radius 1 is 0.290 bits per heavy atom. The second-order valence-electron chi connectivity index (χ2n) is 51.9. The SMILES string of the molecule is CCC(C)(C)C(=O)OC12CC3(O)CC(O)(CC(O)(C3)C1)C2.CCC(C)(C)C(=O)OC12CC3CC(CC(O)(C3)C1)C2.CCC(C)(C)C(=O)OC12CC3CC(O)(CC(O)(C3)C1)C2.CCC(C)(C)C(=O)OC1CC2CC1C1CCCC21.CCC(C)(C)C(=O)OCCO.CCC(C)C(=O)OC12CC3CC(CC(O)(C3)C1)C2.CCC(C)C(=O)OC12CC3CC(O)(CC(O)(C3)C1)C2.CCC(C)C(=O)OCCO.CO. The lowest BCUT2D eigenvalue weighted by molar-refractivity contribution is -0.303. The first kappa shape index (κ1) is 115. The van der Waals surface area contributed by atoms with Crippen LogP contribution in [0.1, 0.15) is 421 Å². The highest BCUT2D eigenvalue weighted by Crippen LogP contribution is 2.67. The van der Waals surface area contributed by atoms with Crippen molar-refractivity contribution in [3.8, 4) is 0 Å². The van der Waals surface area contributed by atoms with Gasteiger partial charge in [-0.3, -0.25) is 38.4 Å². The zero-order valence-corrected chi connectivity index (χ0v) is 88.7. The van der Waals surface area contributed by atoms with Gasteiger partial charge < -0.3 is 99.2 Å². The summed E-state index contributed by atoms with van der Waals surface area (Å²) < 4.78 is 44.6. The summed E-state index contributed by atoms with van der Waals surface area (Å²) in [5, 5.41) is 119. The molecule has 23 rings (SSSR count). The number of esters is 8. The molecule has 23 fully saturated rings. The second kappa shape index (κ2) is 43.0. The summed E-state index contributed by atoms with van der Waals surface area (Å²) in [4.78, 5) is 95.5. The molecular formula is C110H186O28. The number of rotatable bonds is 26. The molecule has 22 bridgehead atoms. The molecule has 0 aliphatic heterocycles. The lowest BCUT2D eigenvalue weighted by Crippen LogP contribution is -2.72. The molecule has 0 aromatic heterocycles.